The molecule has 0 aliphatic carbocycles. The van der Waals surface area contributed by atoms with Gasteiger partial charge in [-0.2, -0.15) is 0 Å². The summed E-state index contributed by atoms with van der Waals surface area (Å²) in [6, 6.07) is 0. The molecule has 0 fully saturated rings. The summed E-state index contributed by atoms with van der Waals surface area (Å²) in [5, 5.41) is 0. The Hall–Kier alpha value is -0.500. The van der Waals surface area contributed by atoms with Crippen LogP contribution in [0.3, 0.4) is 0 Å². The van der Waals surface area contributed by atoms with Gasteiger partial charge in [0.15, 0.2) is 5.62 Å². The van der Waals surface area contributed by atoms with Gasteiger partial charge in [-0.3, -0.25) is 4.99 Å². The fraction of sp³-hybridized carbons (Fsp3) is 0.500. The molecule has 1 atom stereocenters. The van der Waals surface area contributed by atoms with Crippen molar-refractivity contribution in [1.29, 1.82) is 0 Å². The predicted octanol–water partition coefficient (Wildman–Crippen LogP) is 1.43. The quantitative estimate of drug-likeness (QED) is 0.402. The predicted molar refractivity (Wildman–Crippen MR) is 39.7 cm³/mol. The van der Waals surface area contributed by atoms with Crippen molar-refractivity contribution in [2.45, 2.75) is 12.5 Å². The fourth-order valence-corrected chi connectivity index (χ4v) is 0.951. The zero-order valence-corrected chi connectivity index (χ0v) is 6.04. The standard InChI is InChI=1S/C6H9ClN2/c1-2-9-5-3-4-8-6(9)7/h3-6H,2H2,1H3. The van der Waals surface area contributed by atoms with Crippen LogP contribution < -0.4 is 0 Å². The van der Waals surface area contributed by atoms with Crippen LogP contribution in [-0.4, -0.2) is 23.3 Å². The summed E-state index contributed by atoms with van der Waals surface area (Å²) in [5.41, 5.74) is -0.194. The van der Waals surface area contributed by atoms with E-state index in [9.17, 15) is 0 Å². The molecule has 0 bridgehead atoms. The van der Waals surface area contributed by atoms with Crippen molar-refractivity contribution in [1.82, 2.24) is 4.90 Å². The van der Waals surface area contributed by atoms with E-state index in [2.05, 4.69) is 4.99 Å². The van der Waals surface area contributed by atoms with E-state index in [1.54, 1.807) is 6.21 Å². The molecule has 1 rings (SSSR count). The smallest absolute Gasteiger partial charge is 0.197 e. The van der Waals surface area contributed by atoms with E-state index in [0.29, 0.717) is 0 Å². The van der Waals surface area contributed by atoms with Crippen molar-refractivity contribution < 1.29 is 0 Å². The van der Waals surface area contributed by atoms with Crippen LogP contribution in [-0.2, 0) is 0 Å². The van der Waals surface area contributed by atoms with Crippen molar-refractivity contribution in [3.8, 4) is 0 Å². The topological polar surface area (TPSA) is 15.6 Å². The molecule has 3 heteroatoms. The number of halogens is 1. The number of allylic oxidation sites excluding steroid dienone is 1. The molecule has 1 heterocycles. The van der Waals surface area contributed by atoms with Crippen molar-refractivity contribution >= 4 is 17.8 Å². The molecular formula is C6H9ClN2. The highest BCUT2D eigenvalue weighted by molar-refractivity contribution is 6.20. The van der Waals surface area contributed by atoms with Crippen LogP contribution in [0.2, 0.25) is 0 Å². The Bertz CT molecular complexity index is 142. The van der Waals surface area contributed by atoms with Crippen molar-refractivity contribution in [3.05, 3.63) is 12.3 Å². The van der Waals surface area contributed by atoms with Gasteiger partial charge in [0.05, 0.1) is 0 Å². The van der Waals surface area contributed by atoms with Gasteiger partial charge in [0.1, 0.15) is 0 Å². The molecule has 0 radical (unpaired) electrons. The van der Waals surface area contributed by atoms with E-state index in [4.69, 9.17) is 11.6 Å². The normalized spacial score (nSPS) is 25.1. The second-order valence-corrected chi connectivity index (χ2v) is 2.17. The Labute approximate surface area is 59.8 Å². The highest BCUT2D eigenvalue weighted by atomic mass is 35.5. The molecule has 0 N–H and O–H groups in total. The molecule has 2 nitrogen and oxygen atoms in total. The minimum atomic E-state index is -0.194. The first-order chi connectivity index (χ1) is 4.34. The maximum atomic E-state index is 5.76. The molecule has 1 unspecified atom stereocenters. The molecular weight excluding hydrogens is 136 g/mol. The van der Waals surface area contributed by atoms with Crippen LogP contribution in [0.25, 0.3) is 0 Å². The van der Waals surface area contributed by atoms with Gasteiger partial charge < -0.3 is 4.90 Å². The zero-order valence-electron chi connectivity index (χ0n) is 5.29. The van der Waals surface area contributed by atoms with E-state index < -0.39 is 0 Å². The number of alkyl halides is 1. The van der Waals surface area contributed by atoms with Crippen LogP contribution >= 0.6 is 11.6 Å². The van der Waals surface area contributed by atoms with Crippen LogP contribution in [0.5, 0.6) is 0 Å². The van der Waals surface area contributed by atoms with Crippen LogP contribution in [0.1, 0.15) is 6.92 Å². The summed E-state index contributed by atoms with van der Waals surface area (Å²) in [4.78, 5) is 5.91. The summed E-state index contributed by atoms with van der Waals surface area (Å²) >= 11 is 5.76. The summed E-state index contributed by atoms with van der Waals surface area (Å²) < 4.78 is 0. The lowest BCUT2D eigenvalue weighted by Crippen LogP contribution is -2.25. The fourth-order valence-electron chi connectivity index (χ4n) is 0.682. The SMILES string of the molecule is CCN1C=CC=NC1Cl. The summed E-state index contributed by atoms with van der Waals surface area (Å²) in [7, 11) is 0. The highest BCUT2D eigenvalue weighted by Crippen LogP contribution is 2.08. The first kappa shape index (κ1) is 6.62. The molecule has 0 aromatic rings. The molecule has 0 spiro atoms. The molecule has 0 aromatic heterocycles. The first-order valence-electron chi connectivity index (χ1n) is 2.94. The van der Waals surface area contributed by atoms with E-state index in [0.717, 1.165) is 6.54 Å². The Morgan fingerprint density at radius 3 is 3.00 bits per heavy atom. The van der Waals surface area contributed by atoms with Gasteiger partial charge in [-0.05, 0) is 13.0 Å². The first-order valence-corrected chi connectivity index (χ1v) is 3.38. The molecule has 50 valence electrons. The van der Waals surface area contributed by atoms with Gasteiger partial charge in [-0.1, -0.05) is 11.6 Å². The Balaban J connectivity index is 2.55. The van der Waals surface area contributed by atoms with Gasteiger partial charge >= 0.3 is 0 Å². The molecule has 0 aromatic carbocycles. The number of rotatable bonds is 1. The molecule has 0 amide bonds. The third-order valence-electron chi connectivity index (χ3n) is 1.21. The zero-order chi connectivity index (χ0) is 6.69. The summed E-state index contributed by atoms with van der Waals surface area (Å²) in [6.45, 7) is 2.95. The van der Waals surface area contributed by atoms with Gasteiger partial charge in [-0.25, -0.2) is 0 Å². The van der Waals surface area contributed by atoms with Gasteiger partial charge in [0, 0.05) is 19.0 Å². The summed E-state index contributed by atoms with van der Waals surface area (Å²) in [6.07, 6.45) is 5.52. The van der Waals surface area contributed by atoms with E-state index >= 15 is 0 Å². The van der Waals surface area contributed by atoms with Crippen LogP contribution in [0, 0.1) is 0 Å². The monoisotopic (exact) mass is 144 g/mol. The van der Waals surface area contributed by atoms with Gasteiger partial charge in [0.25, 0.3) is 0 Å². The van der Waals surface area contributed by atoms with Crippen LogP contribution in [0.4, 0.5) is 0 Å². The average molecular weight is 145 g/mol. The average Bonchev–Trinajstić information content (AvgIpc) is 1.89. The maximum Gasteiger partial charge on any atom is 0.197 e. The minimum Gasteiger partial charge on any atom is -0.344 e. The minimum absolute atomic E-state index is 0.194. The maximum absolute atomic E-state index is 5.76. The third-order valence-corrected chi connectivity index (χ3v) is 1.57. The summed E-state index contributed by atoms with van der Waals surface area (Å²) in [5.74, 6) is 0. The number of aliphatic imine (C=N–C) groups is 1. The lowest BCUT2D eigenvalue weighted by molar-refractivity contribution is 0.372. The van der Waals surface area contributed by atoms with Gasteiger partial charge in [0.2, 0.25) is 0 Å². The molecule has 9 heavy (non-hydrogen) atoms. The van der Waals surface area contributed by atoms with Gasteiger partial charge in [-0.15, -0.1) is 0 Å². The van der Waals surface area contributed by atoms with Crippen LogP contribution in [0.15, 0.2) is 17.3 Å². The van der Waals surface area contributed by atoms with E-state index in [1.165, 1.54) is 0 Å². The lowest BCUT2D eigenvalue weighted by Gasteiger charge is -2.22. The molecule has 0 saturated carbocycles. The Morgan fingerprint density at radius 1 is 1.78 bits per heavy atom. The van der Waals surface area contributed by atoms with Crippen molar-refractivity contribution in [2.24, 2.45) is 4.99 Å². The second kappa shape index (κ2) is 2.87. The number of hydrogen-bond acceptors (Lipinski definition) is 2. The third kappa shape index (κ3) is 1.45. The van der Waals surface area contributed by atoms with Crippen molar-refractivity contribution in [2.75, 3.05) is 6.54 Å². The number of hydrogen-bond donors (Lipinski definition) is 0. The van der Waals surface area contributed by atoms with E-state index in [-0.39, 0.29) is 5.62 Å². The Morgan fingerprint density at radius 2 is 2.56 bits per heavy atom. The highest BCUT2D eigenvalue weighted by Gasteiger charge is 2.07. The molecule has 0 saturated heterocycles. The van der Waals surface area contributed by atoms with E-state index in [1.807, 2.05) is 24.1 Å². The Kier molecular flexibility index (Phi) is 2.11. The second-order valence-electron chi connectivity index (χ2n) is 1.78. The molecule has 1 aliphatic rings. The number of nitrogens with zero attached hydrogens (tertiary/aromatic N) is 2. The largest absolute Gasteiger partial charge is 0.344 e. The lowest BCUT2D eigenvalue weighted by atomic mass is 10.5. The molecule has 1 aliphatic heterocycles. The van der Waals surface area contributed by atoms with Crippen molar-refractivity contribution in [3.63, 3.8) is 0 Å².